The van der Waals surface area contributed by atoms with Gasteiger partial charge in [-0.3, -0.25) is 9.59 Å². The number of anilines is 2. The first kappa shape index (κ1) is 56.3. The third kappa shape index (κ3) is 15.4. The minimum Gasteiger partial charge on any atom is -0.434 e. The van der Waals surface area contributed by atoms with Crippen LogP contribution in [0.3, 0.4) is 0 Å². The van der Waals surface area contributed by atoms with Gasteiger partial charge in [0.15, 0.2) is 34.7 Å². The number of aryl methyl sites for hydroxylation is 1. The lowest BCUT2D eigenvalue weighted by atomic mass is 10.1. The van der Waals surface area contributed by atoms with Crippen LogP contribution in [0.25, 0.3) is 22.6 Å². The molecule has 0 radical (unpaired) electrons. The van der Waals surface area contributed by atoms with Crippen LogP contribution in [0.4, 0.5) is 59.7 Å². The average Bonchev–Trinajstić information content (AvgIpc) is 3.72. The summed E-state index contributed by atoms with van der Waals surface area (Å²) < 4.78 is 152. The predicted octanol–water partition coefficient (Wildman–Crippen LogP) is 17.8. The van der Waals surface area contributed by atoms with E-state index in [0.717, 1.165) is 42.0 Å². The molecule has 0 aliphatic rings. The molecule has 0 bridgehead atoms. The van der Waals surface area contributed by atoms with Crippen molar-refractivity contribution in [2.24, 2.45) is 0 Å². The fourth-order valence-electron chi connectivity index (χ4n) is 4.84. The third-order valence-corrected chi connectivity index (χ3v) is 10.3. The van der Waals surface area contributed by atoms with Crippen molar-refractivity contribution >= 4 is 137 Å². The first-order valence-corrected chi connectivity index (χ1v) is 21.8. The number of amides is 1. The van der Waals surface area contributed by atoms with Crippen molar-refractivity contribution in [1.29, 1.82) is 0 Å². The highest BCUT2D eigenvalue weighted by molar-refractivity contribution is 14.1. The minimum atomic E-state index is -4.54. The van der Waals surface area contributed by atoms with Crippen LogP contribution in [0.5, 0.6) is 0 Å². The second kappa shape index (κ2) is 25.0. The fraction of sp³-hybridized carbons (Fsp3) is 0.0930. The number of nitrogens with zero attached hydrogens (tertiary/aromatic N) is 1. The topological polar surface area (TPSA) is 98.2 Å². The summed E-state index contributed by atoms with van der Waals surface area (Å²) in [5, 5.41) is -1.26. The van der Waals surface area contributed by atoms with Gasteiger partial charge in [-0.15, -0.1) is 0 Å². The van der Waals surface area contributed by atoms with E-state index in [1.165, 1.54) is 18.2 Å². The molecule has 1 aromatic heterocycles. The molecule has 3 N–H and O–H groups in total. The highest BCUT2D eigenvalue weighted by Crippen LogP contribution is 2.37. The zero-order valence-electron chi connectivity index (χ0n) is 34.3. The summed E-state index contributed by atoms with van der Waals surface area (Å²) in [7, 11) is 0. The summed E-state index contributed by atoms with van der Waals surface area (Å²) in [5.41, 5.74) is 4.61. The number of oxazole rings is 1. The Bertz CT molecular complexity index is 2910. The van der Waals surface area contributed by atoms with Crippen molar-refractivity contribution in [3.05, 3.63) is 178 Å². The molecule has 7 rings (SSSR count). The summed E-state index contributed by atoms with van der Waals surface area (Å²) in [6.45, 7) is 1.96. The van der Waals surface area contributed by atoms with Crippen LogP contribution in [0.2, 0.25) is 30.1 Å². The van der Waals surface area contributed by atoms with Gasteiger partial charge in [0.1, 0.15) is 20.6 Å². The van der Waals surface area contributed by atoms with Gasteiger partial charge in [0.05, 0.1) is 37.6 Å². The second-order valence-electron chi connectivity index (χ2n) is 12.8. The quantitative estimate of drug-likeness (QED) is 0.0348. The number of carbonyl (C=O) groups excluding carboxylic acids is 2. The zero-order valence-corrected chi connectivity index (χ0v) is 40.7. The number of rotatable bonds is 4. The maximum Gasteiger partial charge on any atom is 0.416 e. The molecule has 0 atom stereocenters. The smallest absolute Gasteiger partial charge is 0.416 e. The number of fused-ring (bicyclic) bond motifs is 1. The molecule has 6 aromatic carbocycles. The van der Waals surface area contributed by atoms with E-state index in [2.05, 4.69) is 10.3 Å². The van der Waals surface area contributed by atoms with E-state index in [1.54, 1.807) is 12.1 Å². The Morgan fingerprint density at radius 2 is 1.07 bits per heavy atom. The summed E-state index contributed by atoms with van der Waals surface area (Å²) in [6, 6.07) is 17.6. The van der Waals surface area contributed by atoms with Crippen LogP contribution in [0, 0.1) is 36.0 Å². The Morgan fingerprint density at radius 1 is 0.647 bits per heavy atom. The molecular weight excluding hydrogens is 1190 g/mol. The number of aromatic nitrogens is 1. The largest absolute Gasteiger partial charge is 0.434 e. The van der Waals surface area contributed by atoms with Gasteiger partial charge in [0.2, 0.25) is 5.89 Å². The number of hydrogen-bond acceptors (Lipinski definition) is 5. The summed E-state index contributed by atoms with van der Waals surface area (Å²) in [6.07, 6.45) is -8.97. The van der Waals surface area contributed by atoms with Gasteiger partial charge in [-0.2, -0.15) is 26.3 Å². The normalized spacial score (nSPS) is 11.1. The van der Waals surface area contributed by atoms with Gasteiger partial charge >= 0.3 is 12.4 Å². The zero-order chi connectivity index (χ0) is 52.3. The van der Waals surface area contributed by atoms with Gasteiger partial charge in [0.25, 0.3) is 11.1 Å². The Hall–Kier alpha value is -4.28. The third-order valence-electron chi connectivity index (χ3n) is 8.21. The summed E-state index contributed by atoms with van der Waals surface area (Å²) in [5.74, 6) is -6.12. The molecule has 7 aromatic rings. The molecule has 0 saturated carbocycles. The van der Waals surface area contributed by atoms with Crippen molar-refractivity contribution in [3.8, 4) is 11.5 Å². The molecular formula is C43H24Cl7F11IN3O3. The van der Waals surface area contributed by atoms with E-state index < -0.39 is 84.5 Å². The van der Waals surface area contributed by atoms with E-state index in [1.807, 2.05) is 41.6 Å². The standard InChI is InChI=1S/C14H6Cl2F5NO.C14H5Cl2F4NO.C8H7ClO.C6H3Cl2F2N.CH3I/c15-8-5-9(12(18)10(16)11(8)17)22-13(23)6-1-3-7(4-2-6)14(19,20)21;15-8-5-9-12(10(16)11(8)17)22-13(21-9)6-1-3-7(4-2-6)14(18,19)20;1-6-2-4-7(5-3-6)8(9)10;7-2-1-3(11)6(10)4(8)5(2)9;1-2/h1-5H,(H,22,23);1-5H;2-5H,1H3;1H,11H2;1H3/i;;;;1D. The first-order chi connectivity index (χ1) is 32.0. The van der Waals surface area contributed by atoms with Crippen LogP contribution < -0.4 is 11.1 Å². The van der Waals surface area contributed by atoms with Crippen LogP contribution in [-0.4, -0.2) is 21.0 Å². The van der Waals surface area contributed by atoms with Crippen molar-refractivity contribution in [2.45, 2.75) is 19.3 Å². The van der Waals surface area contributed by atoms with Crippen molar-refractivity contribution < 1.29 is 63.7 Å². The van der Waals surface area contributed by atoms with E-state index in [0.29, 0.717) is 28.2 Å². The maximum absolute atomic E-state index is 13.7. The number of halogens is 19. The van der Waals surface area contributed by atoms with E-state index in [4.69, 9.17) is 92.7 Å². The summed E-state index contributed by atoms with van der Waals surface area (Å²) in [4.78, 5) is 26.9. The SMILES string of the molecule is Cc1ccc(C(=O)Cl)cc1.Fc1c(Cl)cc2nc(-c3ccc(C(F)(F)F)cc3)oc2c1Cl.Nc1cc(Cl)c(F)c(Cl)c1F.O=C(Nc1cc(Cl)c(F)c(Cl)c1F)c1ccc(C(F)(F)F)cc1.[2H]CI. The van der Waals surface area contributed by atoms with Crippen LogP contribution >= 0.6 is 104 Å². The Balaban J connectivity index is 0.000000252. The lowest BCUT2D eigenvalue weighted by molar-refractivity contribution is -0.138. The molecule has 6 nitrogen and oxygen atoms in total. The van der Waals surface area contributed by atoms with Crippen molar-refractivity contribution in [3.63, 3.8) is 0 Å². The lowest BCUT2D eigenvalue weighted by Crippen LogP contribution is -2.14. The monoisotopic (exact) mass is 1210 g/mol. The molecule has 0 unspecified atom stereocenters. The molecule has 1 heterocycles. The van der Waals surface area contributed by atoms with Gasteiger partial charge in [-0.1, -0.05) is 110 Å². The van der Waals surface area contributed by atoms with Gasteiger partial charge in [0, 0.05) is 18.1 Å². The molecule has 0 aliphatic carbocycles. The summed E-state index contributed by atoms with van der Waals surface area (Å²) >= 11 is 39.9. The Labute approximate surface area is 427 Å². The van der Waals surface area contributed by atoms with Crippen molar-refractivity contribution in [1.82, 2.24) is 4.98 Å². The molecule has 362 valence electrons. The predicted molar refractivity (Wildman–Crippen MR) is 252 cm³/mol. The molecule has 0 spiro atoms. The highest BCUT2D eigenvalue weighted by Gasteiger charge is 2.31. The van der Waals surface area contributed by atoms with Crippen LogP contribution in [0.15, 0.2) is 95.4 Å². The number of nitrogen functional groups attached to an aromatic ring is 1. The number of alkyl halides is 7. The number of hydrogen-bond donors (Lipinski definition) is 2. The average molecular weight is 1220 g/mol. The Morgan fingerprint density at radius 3 is 1.56 bits per heavy atom. The number of nitrogens with one attached hydrogen (secondary N) is 1. The second-order valence-corrected chi connectivity index (χ2v) is 15.5. The number of carbonyl (C=O) groups is 2. The molecule has 0 saturated heterocycles. The first-order valence-electron chi connectivity index (χ1n) is 18.4. The van der Waals surface area contributed by atoms with Gasteiger partial charge in [-0.25, -0.2) is 26.9 Å². The number of benzene rings is 6. The van der Waals surface area contributed by atoms with E-state index >= 15 is 0 Å². The van der Waals surface area contributed by atoms with E-state index in [-0.39, 0.29) is 43.3 Å². The molecule has 1 amide bonds. The van der Waals surface area contributed by atoms with Gasteiger partial charge in [-0.05, 0) is 102 Å². The number of nitrogens with two attached hydrogens (primary N) is 1. The minimum absolute atomic E-state index is 0.0153. The highest BCUT2D eigenvalue weighted by atomic mass is 127. The maximum atomic E-state index is 13.7. The molecule has 25 heteroatoms. The van der Waals surface area contributed by atoms with Crippen molar-refractivity contribution in [2.75, 3.05) is 16.0 Å². The fourth-order valence-corrected chi connectivity index (χ4v) is 6.38. The molecule has 0 aliphatic heterocycles. The van der Waals surface area contributed by atoms with Gasteiger partial charge < -0.3 is 15.5 Å². The van der Waals surface area contributed by atoms with Crippen LogP contribution in [-0.2, 0) is 12.4 Å². The molecule has 0 fully saturated rings. The van der Waals surface area contributed by atoms with Crippen LogP contribution in [0.1, 0.15) is 38.8 Å². The molecule has 68 heavy (non-hydrogen) atoms. The van der Waals surface area contributed by atoms with E-state index in [9.17, 15) is 57.9 Å². The lowest BCUT2D eigenvalue weighted by Gasteiger charge is -2.10. The Kier molecular flexibility index (Phi) is 20.7.